The summed E-state index contributed by atoms with van der Waals surface area (Å²) >= 11 is 0. The van der Waals surface area contributed by atoms with Crippen LogP contribution in [0.4, 0.5) is 5.95 Å². The van der Waals surface area contributed by atoms with Gasteiger partial charge in [0, 0.05) is 45.5 Å². The highest BCUT2D eigenvalue weighted by Gasteiger charge is 2.21. The van der Waals surface area contributed by atoms with Gasteiger partial charge in [-0.2, -0.15) is 0 Å². The minimum atomic E-state index is 0.146. The molecule has 0 bridgehead atoms. The molecule has 0 unspecified atom stereocenters. The monoisotopic (exact) mass is 259 g/mol. The number of anilines is 1. The van der Waals surface area contributed by atoms with Crippen LogP contribution in [0.15, 0.2) is 18.6 Å². The van der Waals surface area contributed by atoms with Crippen LogP contribution in [0, 0.1) is 6.92 Å². The molecule has 3 rings (SSSR count). The molecule has 100 valence electrons. The van der Waals surface area contributed by atoms with E-state index in [1.165, 1.54) is 0 Å². The number of fused-ring (bicyclic) bond motifs is 1. The Morgan fingerprint density at radius 3 is 2.63 bits per heavy atom. The molecule has 0 aromatic carbocycles. The maximum absolute atomic E-state index is 11.3. The molecule has 6 heteroatoms. The third kappa shape index (κ3) is 2.03. The molecule has 0 saturated carbocycles. The van der Waals surface area contributed by atoms with Crippen LogP contribution >= 0.6 is 0 Å². The van der Waals surface area contributed by atoms with E-state index in [-0.39, 0.29) is 5.91 Å². The van der Waals surface area contributed by atoms with Crippen molar-refractivity contribution < 1.29 is 4.79 Å². The minimum absolute atomic E-state index is 0.146. The second-order valence-corrected chi connectivity index (χ2v) is 4.82. The van der Waals surface area contributed by atoms with Crippen LogP contribution in [0.3, 0.4) is 0 Å². The molecule has 1 saturated heterocycles. The van der Waals surface area contributed by atoms with E-state index >= 15 is 0 Å². The summed E-state index contributed by atoms with van der Waals surface area (Å²) in [5, 5.41) is 0. The minimum Gasteiger partial charge on any atom is -0.339 e. The third-order valence-corrected chi connectivity index (χ3v) is 3.64. The standard InChI is InChI=1S/C13H17N5O/c1-10-12-9-15-13(18(12)4-3-14-10)17-7-5-16(6-8-17)11(2)19/h3-4,9H,5-8H2,1-2H3. The summed E-state index contributed by atoms with van der Waals surface area (Å²) in [4.78, 5) is 24.2. The molecule has 1 aliphatic rings. The molecule has 3 heterocycles. The number of carbonyl (C=O) groups is 1. The van der Waals surface area contributed by atoms with E-state index in [0.29, 0.717) is 0 Å². The average Bonchev–Trinajstić information content (AvgIpc) is 2.84. The lowest BCUT2D eigenvalue weighted by Crippen LogP contribution is -2.48. The van der Waals surface area contributed by atoms with Crippen LogP contribution < -0.4 is 4.90 Å². The van der Waals surface area contributed by atoms with Gasteiger partial charge in [0.15, 0.2) is 0 Å². The van der Waals surface area contributed by atoms with Gasteiger partial charge in [-0.3, -0.25) is 14.2 Å². The van der Waals surface area contributed by atoms with Crippen molar-refractivity contribution in [2.45, 2.75) is 13.8 Å². The zero-order valence-corrected chi connectivity index (χ0v) is 11.2. The van der Waals surface area contributed by atoms with Crippen LogP contribution in [0.25, 0.3) is 5.52 Å². The summed E-state index contributed by atoms with van der Waals surface area (Å²) in [7, 11) is 0. The number of aromatic nitrogens is 3. The zero-order chi connectivity index (χ0) is 13.4. The molecule has 6 nitrogen and oxygen atoms in total. The first kappa shape index (κ1) is 12.0. The summed E-state index contributed by atoms with van der Waals surface area (Å²) in [5.41, 5.74) is 2.01. The van der Waals surface area contributed by atoms with E-state index in [2.05, 4.69) is 19.3 Å². The van der Waals surface area contributed by atoms with Crippen molar-refractivity contribution in [2.24, 2.45) is 0 Å². The second kappa shape index (κ2) is 4.53. The van der Waals surface area contributed by atoms with Crippen molar-refractivity contribution >= 4 is 17.4 Å². The molecule has 0 radical (unpaired) electrons. The number of carbonyl (C=O) groups excluding carboxylic acids is 1. The van der Waals surface area contributed by atoms with E-state index in [0.717, 1.165) is 43.3 Å². The van der Waals surface area contributed by atoms with Crippen molar-refractivity contribution in [1.82, 2.24) is 19.3 Å². The number of piperazine rings is 1. The van der Waals surface area contributed by atoms with Gasteiger partial charge >= 0.3 is 0 Å². The molecule has 0 atom stereocenters. The molecular formula is C13H17N5O. The molecule has 0 spiro atoms. The highest BCUT2D eigenvalue weighted by molar-refractivity contribution is 5.73. The highest BCUT2D eigenvalue weighted by Crippen LogP contribution is 2.18. The molecular weight excluding hydrogens is 242 g/mol. The first-order chi connectivity index (χ1) is 9.16. The Morgan fingerprint density at radius 1 is 1.21 bits per heavy atom. The second-order valence-electron chi connectivity index (χ2n) is 4.82. The Morgan fingerprint density at radius 2 is 1.95 bits per heavy atom. The topological polar surface area (TPSA) is 53.7 Å². The fourth-order valence-electron chi connectivity index (χ4n) is 2.50. The number of hydrogen-bond donors (Lipinski definition) is 0. The van der Waals surface area contributed by atoms with Crippen LogP contribution in [0.2, 0.25) is 0 Å². The van der Waals surface area contributed by atoms with Crippen molar-refractivity contribution in [2.75, 3.05) is 31.1 Å². The van der Waals surface area contributed by atoms with Gasteiger partial charge in [0.1, 0.15) is 0 Å². The Hall–Kier alpha value is -2.11. The summed E-state index contributed by atoms with van der Waals surface area (Å²) in [6.07, 6.45) is 5.58. The number of aryl methyl sites for hydroxylation is 1. The van der Waals surface area contributed by atoms with Gasteiger partial charge in [-0.1, -0.05) is 0 Å². The molecule has 2 aromatic rings. The van der Waals surface area contributed by atoms with Crippen LogP contribution in [-0.4, -0.2) is 51.4 Å². The lowest BCUT2D eigenvalue weighted by molar-refractivity contribution is -0.129. The Balaban J connectivity index is 1.86. The molecule has 1 amide bonds. The van der Waals surface area contributed by atoms with Crippen LogP contribution in [-0.2, 0) is 4.79 Å². The smallest absolute Gasteiger partial charge is 0.219 e. The summed E-state index contributed by atoms with van der Waals surface area (Å²) < 4.78 is 2.06. The number of amides is 1. The predicted molar refractivity (Wildman–Crippen MR) is 72.2 cm³/mol. The van der Waals surface area contributed by atoms with E-state index in [1.54, 1.807) is 13.1 Å². The molecule has 2 aromatic heterocycles. The fourth-order valence-corrected chi connectivity index (χ4v) is 2.50. The molecule has 19 heavy (non-hydrogen) atoms. The summed E-state index contributed by atoms with van der Waals surface area (Å²) in [5.74, 6) is 1.08. The largest absolute Gasteiger partial charge is 0.339 e. The van der Waals surface area contributed by atoms with Gasteiger partial charge in [-0.25, -0.2) is 4.98 Å². The van der Waals surface area contributed by atoms with E-state index in [9.17, 15) is 4.79 Å². The van der Waals surface area contributed by atoms with Gasteiger partial charge in [-0.15, -0.1) is 0 Å². The SMILES string of the molecule is CC(=O)N1CCN(c2ncc3c(C)nccn23)CC1. The molecule has 0 aliphatic carbocycles. The number of nitrogens with zero attached hydrogens (tertiary/aromatic N) is 5. The van der Waals surface area contributed by atoms with E-state index < -0.39 is 0 Å². The van der Waals surface area contributed by atoms with Crippen LogP contribution in [0.5, 0.6) is 0 Å². The molecule has 1 aliphatic heterocycles. The normalized spacial score (nSPS) is 16.1. The quantitative estimate of drug-likeness (QED) is 0.756. The van der Waals surface area contributed by atoms with Gasteiger partial charge in [0.25, 0.3) is 0 Å². The fraction of sp³-hybridized carbons (Fsp3) is 0.462. The first-order valence-electron chi connectivity index (χ1n) is 6.46. The van der Waals surface area contributed by atoms with Gasteiger partial charge in [0.05, 0.1) is 17.4 Å². The van der Waals surface area contributed by atoms with Crippen molar-refractivity contribution in [3.8, 4) is 0 Å². The van der Waals surface area contributed by atoms with Gasteiger partial charge in [0.2, 0.25) is 11.9 Å². The van der Waals surface area contributed by atoms with Gasteiger partial charge in [-0.05, 0) is 6.92 Å². The van der Waals surface area contributed by atoms with Crippen LogP contribution in [0.1, 0.15) is 12.6 Å². The Kier molecular flexibility index (Phi) is 2.85. The molecule has 1 fully saturated rings. The van der Waals surface area contributed by atoms with E-state index in [4.69, 9.17) is 0 Å². The zero-order valence-electron chi connectivity index (χ0n) is 11.2. The Labute approximate surface area is 111 Å². The van der Waals surface area contributed by atoms with Crippen molar-refractivity contribution in [1.29, 1.82) is 0 Å². The summed E-state index contributed by atoms with van der Waals surface area (Å²) in [6, 6.07) is 0. The number of imidazole rings is 1. The Bertz CT molecular complexity index is 613. The lowest BCUT2D eigenvalue weighted by atomic mass is 10.3. The van der Waals surface area contributed by atoms with Crippen molar-refractivity contribution in [3.05, 3.63) is 24.3 Å². The maximum atomic E-state index is 11.3. The maximum Gasteiger partial charge on any atom is 0.219 e. The third-order valence-electron chi connectivity index (χ3n) is 3.64. The summed E-state index contributed by atoms with van der Waals surface area (Å²) in [6.45, 7) is 6.76. The highest BCUT2D eigenvalue weighted by atomic mass is 16.2. The predicted octanol–water partition coefficient (Wildman–Crippen LogP) is 0.706. The lowest BCUT2D eigenvalue weighted by Gasteiger charge is -2.34. The average molecular weight is 259 g/mol. The van der Waals surface area contributed by atoms with Gasteiger partial charge < -0.3 is 9.80 Å². The number of rotatable bonds is 1. The van der Waals surface area contributed by atoms with E-state index in [1.807, 2.05) is 24.2 Å². The molecule has 0 N–H and O–H groups in total. The first-order valence-corrected chi connectivity index (χ1v) is 6.46. The van der Waals surface area contributed by atoms with Crippen molar-refractivity contribution in [3.63, 3.8) is 0 Å². The number of hydrogen-bond acceptors (Lipinski definition) is 4.